The molecule has 18 heavy (non-hydrogen) atoms. The molecule has 0 amide bonds. The zero-order valence-corrected chi connectivity index (χ0v) is 9.31. The fourth-order valence-electron chi connectivity index (χ4n) is 4.00. The van der Waals surface area contributed by atoms with Crippen molar-refractivity contribution in [3.63, 3.8) is 0 Å². The van der Waals surface area contributed by atoms with E-state index in [1.165, 1.54) is 0 Å². The molecule has 4 atom stereocenters. The number of ether oxygens (including phenoxy) is 1. The summed E-state index contributed by atoms with van der Waals surface area (Å²) in [6.45, 7) is 0. The Hall–Kier alpha value is -0.460. The summed E-state index contributed by atoms with van der Waals surface area (Å²) < 4.78 is 81.9. The minimum atomic E-state index is -5.40. The number of rotatable bonds is 0. The van der Waals surface area contributed by atoms with Gasteiger partial charge in [-0.3, -0.25) is 0 Å². The molecule has 1 saturated heterocycles. The van der Waals surface area contributed by atoms with Crippen molar-refractivity contribution >= 4 is 0 Å². The fraction of sp³-hybridized carbons (Fsp3) is 1.00. The van der Waals surface area contributed by atoms with Crippen LogP contribution in [0, 0.1) is 17.8 Å². The van der Waals surface area contributed by atoms with Crippen LogP contribution in [0.5, 0.6) is 0 Å². The number of halogens is 6. The Kier molecular flexibility index (Phi) is 2.34. The molecular weight excluding hydrogens is 262 g/mol. The molecule has 104 valence electrons. The predicted molar refractivity (Wildman–Crippen MR) is 48.7 cm³/mol. The first-order valence-electron chi connectivity index (χ1n) is 5.95. The van der Waals surface area contributed by atoms with Gasteiger partial charge in [-0.25, -0.2) is 0 Å². The molecule has 0 aromatic carbocycles. The van der Waals surface area contributed by atoms with E-state index < -0.39 is 36.4 Å². The van der Waals surface area contributed by atoms with E-state index in [-0.39, 0.29) is 11.8 Å². The van der Waals surface area contributed by atoms with E-state index in [2.05, 4.69) is 4.74 Å². The smallest absolute Gasteiger partial charge is 0.354 e. The van der Waals surface area contributed by atoms with Gasteiger partial charge in [0.15, 0.2) is 0 Å². The third-order valence-electron chi connectivity index (χ3n) is 4.71. The Morgan fingerprint density at radius 1 is 0.889 bits per heavy atom. The SMILES string of the molecule is FC(F)(F)C1(C(F)(F)F)CC2CC3CC(O1)C2C3. The maximum Gasteiger partial charge on any atom is 0.426 e. The predicted octanol–water partition coefficient (Wildman–Crippen LogP) is 3.68. The van der Waals surface area contributed by atoms with Crippen molar-refractivity contribution in [2.75, 3.05) is 0 Å². The Bertz CT molecular complexity index is 328. The number of fused-ring (bicyclic) bond motifs is 1. The van der Waals surface area contributed by atoms with Crippen molar-refractivity contribution in [2.45, 2.75) is 49.7 Å². The standard InChI is InChI=1S/C11H12F6O/c12-10(13,14)9(11(15,16)17)4-6-1-5-2-7(6)8(3-5)18-9/h5-8H,1-4H2. The van der Waals surface area contributed by atoms with Crippen LogP contribution in [0.25, 0.3) is 0 Å². The summed E-state index contributed by atoms with van der Waals surface area (Å²) in [6.07, 6.45) is -11.1. The second-order valence-corrected chi connectivity index (χ2v) is 5.68. The molecule has 1 aliphatic heterocycles. The molecule has 3 aliphatic rings. The molecule has 0 radical (unpaired) electrons. The van der Waals surface area contributed by atoms with Gasteiger partial charge in [0, 0.05) is 0 Å². The van der Waals surface area contributed by atoms with E-state index in [9.17, 15) is 26.3 Å². The average molecular weight is 274 g/mol. The molecule has 2 bridgehead atoms. The molecule has 0 aromatic rings. The van der Waals surface area contributed by atoms with Crippen molar-refractivity contribution in [3.05, 3.63) is 0 Å². The topological polar surface area (TPSA) is 9.23 Å². The van der Waals surface area contributed by atoms with Gasteiger partial charge in [0.25, 0.3) is 5.60 Å². The van der Waals surface area contributed by atoms with Gasteiger partial charge in [0.1, 0.15) is 0 Å². The number of hydrogen-bond donors (Lipinski definition) is 0. The first-order valence-corrected chi connectivity index (χ1v) is 5.95. The highest BCUT2D eigenvalue weighted by molar-refractivity contribution is 5.09. The third kappa shape index (κ3) is 1.45. The summed E-state index contributed by atoms with van der Waals surface area (Å²) in [6, 6.07) is 0. The van der Waals surface area contributed by atoms with E-state index in [0.717, 1.165) is 6.42 Å². The van der Waals surface area contributed by atoms with Gasteiger partial charge in [-0.2, -0.15) is 26.3 Å². The minimum absolute atomic E-state index is 0.104. The summed E-state index contributed by atoms with van der Waals surface area (Å²) in [4.78, 5) is 0. The summed E-state index contributed by atoms with van der Waals surface area (Å²) >= 11 is 0. The molecule has 4 unspecified atom stereocenters. The van der Waals surface area contributed by atoms with Crippen molar-refractivity contribution in [2.24, 2.45) is 17.8 Å². The lowest BCUT2D eigenvalue weighted by Crippen LogP contribution is -2.64. The summed E-state index contributed by atoms with van der Waals surface area (Å²) in [5.74, 6) is -0.344. The highest BCUT2D eigenvalue weighted by atomic mass is 19.4. The van der Waals surface area contributed by atoms with E-state index >= 15 is 0 Å². The molecule has 2 saturated carbocycles. The first-order chi connectivity index (χ1) is 8.14. The zero-order valence-electron chi connectivity index (χ0n) is 9.31. The lowest BCUT2D eigenvalue weighted by atomic mass is 9.75. The maximum absolute atomic E-state index is 12.9. The van der Waals surface area contributed by atoms with Crippen LogP contribution in [0.15, 0.2) is 0 Å². The van der Waals surface area contributed by atoms with Gasteiger partial charge in [-0.15, -0.1) is 0 Å². The lowest BCUT2D eigenvalue weighted by molar-refractivity contribution is -0.410. The average Bonchev–Trinajstić information content (AvgIpc) is 2.69. The van der Waals surface area contributed by atoms with Crippen molar-refractivity contribution in [1.82, 2.24) is 0 Å². The van der Waals surface area contributed by atoms with Crippen LogP contribution < -0.4 is 0 Å². The Balaban J connectivity index is 1.98. The van der Waals surface area contributed by atoms with Crippen LogP contribution in [-0.2, 0) is 4.74 Å². The maximum atomic E-state index is 12.9. The number of hydrogen-bond acceptors (Lipinski definition) is 1. The van der Waals surface area contributed by atoms with Gasteiger partial charge in [-0.1, -0.05) is 0 Å². The zero-order chi connectivity index (χ0) is 13.3. The highest BCUT2D eigenvalue weighted by Gasteiger charge is 2.76. The second-order valence-electron chi connectivity index (χ2n) is 5.68. The van der Waals surface area contributed by atoms with Crippen LogP contribution in [-0.4, -0.2) is 24.1 Å². The molecule has 0 N–H and O–H groups in total. The number of alkyl halides is 6. The lowest BCUT2D eigenvalue weighted by Gasteiger charge is -2.48. The molecule has 3 fully saturated rings. The molecule has 2 aliphatic carbocycles. The Morgan fingerprint density at radius 2 is 1.50 bits per heavy atom. The molecule has 0 aromatic heterocycles. The molecule has 0 spiro atoms. The fourth-order valence-corrected chi connectivity index (χ4v) is 4.00. The van der Waals surface area contributed by atoms with E-state index in [1.54, 1.807) is 0 Å². The molecule has 3 rings (SSSR count). The van der Waals surface area contributed by atoms with Crippen LogP contribution in [0.1, 0.15) is 25.7 Å². The highest BCUT2D eigenvalue weighted by Crippen LogP contribution is 2.62. The van der Waals surface area contributed by atoms with E-state index in [0.29, 0.717) is 12.8 Å². The molecule has 1 heterocycles. The van der Waals surface area contributed by atoms with Gasteiger partial charge >= 0.3 is 12.4 Å². The molecule has 7 heteroatoms. The summed E-state index contributed by atoms with van der Waals surface area (Å²) in [7, 11) is 0. The van der Waals surface area contributed by atoms with Gasteiger partial charge in [-0.05, 0) is 43.4 Å². The van der Waals surface area contributed by atoms with Crippen molar-refractivity contribution in [1.29, 1.82) is 0 Å². The van der Waals surface area contributed by atoms with Gasteiger partial charge in [0.2, 0.25) is 0 Å². The van der Waals surface area contributed by atoms with Gasteiger partial charge in [0.05, 0.1) is 6.10 Å². The third-order valence-corrected chi connectivity index (χ3v) is 4.71. The summed E-state index contributed by atoms with van der Waals surface area (Å²) in [5, 5.41) is 0. The van der Waals surface area contributed by atoms with Crippen LogP contribution in [0.4, 0.5) is 26.3 Å². The van der Waals surface area contributed by atoms with Crippen LogP contribution in [0.3, 0.4) is 0 Å². The first kappa shape index (κ1) is 12.6. The van der Waals surface area contributed by atoms with Gasteiger partial charge < -0.3 is 4.74 Å². The quantitative estimate of drug-likeness (QED) is 0.612. The Morgan fingerprint density at radius 3 is 1.94 bits per heavy atom. The van der Waals surface area contributed by atoms with Crippen molar-refractivity contribution < 1.29 is 31.1 Å². The largest absolute Gasteiger partial charge is 0.426 e. The molecule has 1 nitrogen and oxygen atoms in total. The summed E-state index contributed by atoms with van der Waals surface area (Å²) in [5.41, 5.74) is -3.94. The second kappa shape index (κ2) is 3.35. The van der Waals surface area contributed by atoms with E-state index in [1.807, 2.05) is 0 Å². The normalized spacial score (nSPS) is 42.3. The van der Waals surface area contributed by atoms with E-state index in [4.69, 9.17) is 0 Å². The minimum Gasteiger partial charge on any atom is -0.354 e. The van der Waals surface area contributed by atoms with Crippen LogP contribution in [0.2, 0.25) is 0 Å². The monoisotopic (exact) mass is 274 g/mol. The molecular formula is C11H12F6O. The van der Waals surface area contributed by atoms with Crippen LogP contribution >= 0.6 is 0 Å². The Labute approximate surface area is 99.5 Å². The van der Waals surface area contributed by atoms with Crippen molar-refractivity contribution in [3.8, 4) is 0 Å².